The maximum absolute atomic E-state index is 14.2. The van der Waals surface area contributed by atoms with Crippen LogP contribution in [0, 0.1) is 5.82 Å². The van der Waals surface area contributed by atoms with Crippen molar-refractivity contribution >= 4 is 41.5 Å². The molecule has 0 fully saturated rings. The Bertz CT molecular complexity index is 812. The molecule has 0 aliphatic rings. The van der Waals surface area contributed by atoms with Crippen molar-refractivity contribution in [3.05, 3.63) is 65.4 Å². The summed E-state index contributed by atoms with van der Waals surface area (Å²) in [5.74, 6) is -0.713. The van der Waals surface area contributed by atoms with Crippen LogP contribution in [0.1, 0.15) is 0 Å². The molecule has 0 unspecified atom stereocenters. The van der Waals surface area contributed by atoms with E-state index in [0.29, 0.717) is 10.6 Å². The van der Waals surface area contributed by atoms with Crippen molar-refractivity contribution in [3.8, 4) is 11.3 Å². The molecule has 3 rings (SSSR count). The highest BCUT2D eigenvalue weighted by atomic mass is 35.5. The van der Waals surface area contributed by atoms with Crippen LogP contribution in [0.15, 0.2) is 54.6 Å². The van der Waals surface area contributed by atoms with Gasteiger partial charge in [-0.3, -0.25) is 0 Å². The topological polar surface area (TPSA) is 63.8 Å². The van der Waals surface area contributed by atoms with E-state index in [4.69, 9.17) is 17.3 Å². The number of nitrogens with one attached hydrogen (secondary N) is 1. The maximum atomic E-state index is 14.2. The van der Waals surface area contributed by atoms with Gasteiger partial charge < -0.3 is 11.1 Å². The lowest BCUT2D eigenvalue weighted by Gasteiger charge is -2.10. The molecule has 0 radical (unpaired) electrons. The average molecular weight is 351 g/mol. The molecule has 1 aromatic heterocycles. The van der Waals surface area contributed by atoms with Crippen molar-refractivity contribution in [1.82, 2.24) is 9.97 Å². The van der Waals surface area contributed by atoms with Gasteiger partial charge in [-0.05, 0) is 18.2 Å². The Morgan fingerprint density at radius 2 is 1.61 bits per heavy atom. The molecule has 23 heavy (non-hydrogen) atoms. The van der Waals surface area contributed by atoms with Gasteiger partial charge >= 0.3 is 0 Å². The summed E-state index contributed by atoms with van der Waals surface area (Å²) < 4.78 is 14.2. The van der Waals surface area contributed by atoms with Crippen LogP contribution in [0.5, 0.6) is 0 Å². The first-order chi connectivity index (χ1) is 10.6. The third-order valence-corrected chi connectivity index (χ3v) is 3.37. The monoisotopic (exact) mass is 350 g/mol. The molecule has 1 heterocycles. The lowest BCUT2D eigenvalue weighted by Crippen LogP contribution is -2.05. The number of hydrogen-bond donors (Lipinski definition) is 2. The van der Waals surface area contributed by atoms with Gasteiger partial charge in [0, 0.05) is 11.3 Å². The second-order valence-electron chi connectivity index (χ2n) is 4.57. The predicted octanol–water partition coefficient (Wildman–Crippen LogP) is 4.68. The lowest BCUT2D eigenvalue weighted by molar-refractivity contribution is 0.625. The smallest absolute Gasteiger partial charge is 0.229 e. The predicted molar refractivity (Wildman–Crippen MR) is 93.8 cm³/mol. The molecule has 7 heteroatoms. The van der Waals surface area contributed by atoms with E-state index < -0.39 is 5.82 Å². The van der Waals surface area contributed by atoms with Crippen LogP contribution in [0.4, 0.5) is 21.8 Å². The van der Waals surface area contributed by atoms with Crippen LogP contribution in [0.3, 0.4) is 0 Å². The minimum Gasteiger partial charge on any atom is -0.381 e. The molecule has 0 saturated carbocycles. The second kappa shape index (κ2) is 7.26. The number of nitrogens with zero attached hydrogens (tertiary/aromatic N) is 2. The number of benzene rings is 2. The van der Waals surface area contributed by atoms with E-state index in [1.165, 1.54) is 0 Å². The summed E-state index contributed by atoms with van der Waals surface area (Å²) in [6.45, 7) is 0. The summed E-state index contributed by atoms with van der Waals surface area (Å²) in [4.78, 5) is 8.12. The van der Waals surface area contributed by atoms with Gasteiger partial charge in [-0.25, -0.2) is 9.37 Å². The Balaban J connectivity index is 0.00000192. The Morgan fingerprint density at radius 1 is 0.957 bits per heavy atom. The second-order valence-corrected chi connectivity index (χ2v) is 4.97. The van der Waals surface area contributed by atoms with Crippen LogP contribution >= 0.6 is 24.0 Å². The third-order valence-electron chi connectivity index (χ3n) is 3.04. The first kappa shape index (κ1) is 17.0. The zero-order valence-electron chi connectivity index (χ0n) is 11.8. The van der Waals surface area contributed by atoms with E-state index in [2.05, 4.69) is 15.3 Å². The quantitative estimate of drug-likeness (QED) is 0.719. The standard InChI is InChI=1S/C16H12ClFN4.ClH/c17-12-9-5-4-8-11(12)14-13(18)15(19)22-16(21-14)20-10-6-2-1-3-7-10;/h1-9H,(H3,19,20,21,22);1H. The van der Waals surface area contributed by atoms with Crippen molar-refractivity contribution in [3.63, 3.8) is 0 Å². The van der Waals surface area contributed by atoms with Crippen LogP contribution < -0.4 is 11.1 Å². The van der Waals surface area contributed by atoms with Gasteiger partial charge in [-0.15, -0.1) is 12.4 Å². The van der Waals surface area contributed by atoms with Crippen LogP contribution in [-0.2, 0) is 0 Å². The van der Waals surface area contributed by atoms with E-state index in [9.17, 15) is 4.39 Å². The summed E-state index contributed by atoms with van der Waals surface area (Å²) in [5.41, 5.74) is 6.96. The summed E-state index contributed by atoms with van der Waals surface area (Å²) in [5, 5.41) is 3.38. The van der Waals surface area contributed by atoms with Gasteiger partial charge in [0.25, 0.3) is 0 Å². The Hall–Kier alpha value is -2.37. The highest BCUT2D eigenvalue weighted by Gasteiger charge is 2.16. The van der Waals surface area contributed by atoms with Gasteiger partial charge in [-0.1, -0.05) is 48.0 Å². The van der Waals surface area contributed by atoms with Crippen molar-refractivity contribution in [2.75, 3.05) is 11.1 Å². The van der Waals surface area contributed by atoms with E-state index >= 15 is 0 Å². The van der Waals surface area contributed by atoms with Gasteiger partial charge in [0.1, 0.15) is 5.69 Å². The minimum absolute atomic E-state index is 0. The average Bonchev–Trinajstić information content (AvgIpc) is 2.52. The number of para-hydroxylation sites is 1. The summed E-state index contributed by atoms with van der Waals surface area (Å²) in [6.07, 6.45) is 0. The fourth-order valence-electron chi connectivity index (χ4n) is 2.00. The first-order valence-electron chi connectivity index (χ1n) is 6.55. The molecule has 2 aromatic carbocycles. The molecule has 0 spiro atoms. The van der Waals surface area contributed by atoms with Gasteiger partial charge in [0.15, 0.2) is 11.6 Å². The highest BCUT2D eigenvalue weighted by Crippen LogP contribution is 2.31. The molecule has 3 N–H and O–H groups in total. The van der Waals surface area contributed by atoms with Crippen LogP contribution in [-0.4, -0.2) is 9.97 Å². The molecule has 0 aliphatic heterocycles. The minimum atomic E-state index is -0.688. The molecule has 118 valence electrons. The number of rotatable bonds is 3. The molecule has 3 aromatic rings. The zero-order chi connectivity index (χ0) is 15.5. The fraction of sp³-hybridized carbons (Fsp3) is 0. The van der Waals surface area contributed by atoms with Crippen molar-refractivity contribution in [2.24, 2.45) is 0 Å². The van der Waals surface area contributed by atoms with Gasteiger partial charge in [0.2, 0.25) is 5.95 Å². The van der Waals surface area contributed by atoms with Gasteiger partial charge in [-0.2, -0.15) is 4.98 Å². The van der Waals surface area contributed by atoms with Crippen LogP contribution in [0.25, 0.3) is 11.3 Å². The van der Waals surface area contributed by atoms with Crippen molar-refractivity contribution in [2.45, 2.75) is 0 Å². The zero-order valence-corrected chi connectivity index (χ0v) is 13.4. The first-order valence-corrected chi connectivity index (χ1v) is 6.93. The number of nitrogen functional groups attached to an aromatic ring is 1. The number of halogens is 3. The normalized spacial score (nSPS) is 10.0. The van der Waals surface area contributed by atoms with E-state index in [1.54, 1.807) is 24.3 Å². The molecular formula is C16H13Cl2FN4. The Kier molecular flexibility index (Phi) is 5.36. The van der Waals surface area contributed by atoms with E-state index in [0.717, 1.165) is 5.69 Å². The highest BCUT2D eigenvalue weighted by molar-refractivity contribution is 6.33. The Labute approximate surface area is 143 Å². The summed E-state index contributed by atoms with van der Waals surface area (Å²) in [6, 6.07) is 16.2. The molecule has 0 bridgehead atoms. The third kappa shape index (κ3) is 3.70. The maximum Gasteiger partial charge on any atom is 0.229 e. The number of hydrogen-bond acceptors (Lipinski definition) is 4. The molecular weight excluding hydrogens is 338 g/mol. The molecule has 0 amide bonds. The SMILES string of the molecule is Cl.Nc1nc(Nc2ccccc2)nc(-c2ccccc2Cl)c1F. The fourth-order valence-corrected chi connectivity index (χ4v) is 2.23. The van der Waals surface area contributed by atoms with E-state index in [1.807, 2.05) is 30.3 Å². The van der Waals surface area contributed by atoms with Crippen molar-refractivity contribution in [1.29, 1.82) is 0 Å². The number of nitrogens with two attached hydrogens (primary N) is 1. The summed E-state index contributed by atoms with van der Waals surface area (Å²) in [7, 11) is 0. The van der Waals surface area contributed by atoms with Crippen molar-refractivity contribution < 1.29 is 4.39 Å². The Morgan fingerprint density at radius 3 is 2.30 bits per heavy atom. The number of aromatic nitrogens is 2. The lowest BCUT2D eigenvalue weighted by atomic mass is 10.1. The largest absolute Gasteiger partial charge is 0.381 e. The number of anilines is 3. The molecule has 4 nitrogen and oxygen atoms in total. The van der Waals surface area contributed by atoms with Crippen LogP contribution in [0.2, 0.25) is 5.02 Å². The molecule has 0 saturated heterocycles. The van der Waals surface area contributed by atoms with E-state index in [-0.39, 0.29) is 29.9 Å². The van der Waals surface area contributed by atoms with Gasteiger partial charge in [0.05, 0.1) is 5.02 Å². The molecule has 0 atom stereocenters. The molecule has 0 aliphatic carbocycles. The summed E-state index contributed by atoms with van der Waals surface area (Å²) >= 11 is 6.11.